The second kappa shape index (κ2) is 5.52. The van der Waals surface area contributed by atoms with Crippen molar-refractivity contribution in [3.8, 4) is 17.0 Å². The molecule has 1 heterocycles. The molecule has 1 aromatic heterocycles. The van der Waals surface area contributed by atoms with E-state index in [0.717, 1.165) is 16.9 Å². The van der Waals surface area contributed by atoms with Gasteiger partial charge in [-0.05, 0) is 42.8 Å². The molecule has 0 bridgehead atoms. The lowest BCUT2D eigenvalue weighted by Crippen LogP contribution is -2.05. The summed E-state index contributed by atoms with van der Waals surface area (Å²) in [4.78, 5) is 16.1. The van der Waals surface area contributed by atoms with E-state index >= 15 is 0 Å². The van der Waals surface area contributed by atoms with E-state index in [9.17, 15) is 4.79 Å². The van der Waals surface area contributed by atoms with Crippen molar-refractivity contribution in [2.24, 2.45) is 0 Å². The van der Waals surface area contributed by atoms with Crippen molar-refractivity contribution in [1.29, 1.82) is 0 Å². The van der Waals surface area contributed by atoms with Crippen molar-refractivity contribution < 1.29 is 14.3 Å². The number of methoxy groups -OCH3 is 2. The third-order valence-corrected chi connectivity index (χ3v) is 2.79. The number of hydrogen-bond donors (Lipinski definition) is 0. The van der Waals surface area contributed by atoms with Gasteiger partial charge in [0.15, 0.2) is 0 Å². The third-order valence-electron chi connectivity index (χ3n) is 2.79. The van der Waals surface area contributed by atoms with Gasteiger partial charge in [0, 0.05) is 11.8 Å². The lowest BCUT2D eigenvalue weighted by Gasteiger charge is -2.08. The Morgan fingerprint density at radius 3 is 2.42 bits per heavy atom. The molecule has 0 atom stereocenters. The predicted octanol–water partition coefficient (Wildman–Crippen LogP) is 2.85. The van der Waals surface area contributed by atoms with Crippen molar-refractivity contribution >= 4 is 5.97 Å². The molecule has 0 amide bonds. The topological polar surface area (TPSA) is 48.4 Å². The van der Waals surface area contributed by atoms with Crippen LogP contribution in [0.3, 0.4) is 0 Å². The van der Waals surface area contributed by atoms with E-state index in [4.69, 9.17) is 9.47 Å². The van der Waals surface area contributed by atoms with Gasteiger partial charge in [0.2, 0.25) is 0 Å². The van der Waals surface area contributed by atoms with Gasteiger partial charge in [0.25, 0.3) is 0 Å². The molecule has 0 saturated carbocycles. The zero-order valence-electron chi connectivity index (χ0n) is 11.1. The molecule has 2 rings (SSSR count). The third kappa shape index (κ3) is 2.73. The summed E-state index contributed by atoms with van der Waals surface area (Å²) >= 11 is 0. The summed E-state index contributed by atoms with van der Waals surface area (Å²) < 4.78 is 9.91. The molecular weight excluding hydrogens is 242 g/mol. The summed E-state index contributed by atoms with van der Waals surface area (Å²) in [7, 11) is 2.97. The van der Waals surface area contributed by atoms with Crippen LogP contribution in [0.15, 0.2) is 36.5 Å². The Kier molecular flexibility index (Phi) is 3.80. The zero-order valence-corrected chi connectivity index (χ0v) is 11.1. The fourth-order valence-corrected chi connectivity index (χ4v) is 1.81. The van der Waals surface area contributed by atoms with E-state index < -0.39 is 0 Å². The van der Waals surface area contributed by atoms with Crippen LogP contribution < -0.4 is 4.74 Å². The summed E-state index contributed by atoms with van der Waals surface area (Å²) in [6.45, 7) is 1.89. The Balaban J connectivity index is 2.51. The Hall–Kier alpha value is -2.36. The van der Waals surface area contributed by atoms with E-state index in [1.54, 1.807) is 19.4 Å². The van der Waals surface area contributed by atoms with Gasteiger partial charge in [0.05, 0.1) is 25.5 Å². The Labute approximate surface area is 112 Å². The van der Waals surface area contributed by atoms with E-state index in [2.05, 4.69) is 4.98 Å². The van der Waals surface area contributed by atoms with E-state index in [1.807, 2.05) is 31.2 Å². The van der Waals surface area contributed by atoms with Crippen molar-refractivity contribution in [2.75, 3.05) is 14.2 Å². The minimum atomic E-state index is -0.387. The molecule has 4 nitrogen and oxygen atoms in total. The van der Waals surface area contributed by atoms with Crippen LogP contribution in [-0.2, 0) is 4.74 Å². The SMILES string of the molecule is COC(=O)c1cc(C)cnc1-c1ccc(OC)cc1. The second-order valence-electron chi connectivity index (χ2n) is 4.13. The number of benzene rings is 1. The maximum Gasteiger partial charge on any atom is 0.340 e. The molecule has 0 aliphatic carbocycles. The highest BCUT2D eigenvalue weighted by Gasteiger charge is 2.15. The van der Waals surface area contributed by atoms with Crippen LogP contribution in [0.25, 0.3) is 11.3 Å². The standard InChI is InChI=1S/C15H15NO3/c1-10-8-13(15(17)19-3)14(16-9-10)11-4-6-12(18-2)7-5-11/h4-9H,1-3H3. The largest absolute Gasteiger partial charge is 0.497 e. The van der Waals surface area contributed by atoms with Gasteiger partial charge in [-0.15, -0.1) is 0 Å². The van der Waals surface area contributed by atoms with Gasteiger partial charge in [-0.1, -0.05) is 0 Å². The fraction of sp³-hybridized carbons (Fsp3) is 0.200. The first-order chi connectivity index (χ1) is 9.15. The first kappa shape index (κ1) is 13.1. The number of aryl methyl sites for hydroxylation is 1. The maximum absolute atomic E-state index is 11.8. The zero-order chi connectivity index (χ0) is 13.8. The van der Waals surface area contributed by atoms with Crippen molar-refractivity contribution in [2.45, 2.75) is 6.92 Å². The highest BCUT2D eigenvalue weighted by atomic mass is 16.5. The second-order valence-corrected chi connectivity index (χ2v) is 4.13. The fourth-order valence-electron chi connectivity index (χ4n) is 1.81. The van der Waals surface area contributed by atoms with Crippen LogP contribution in [-0.4, -0.2) is 25.2 Å². The molecule has 1 aromatic carbocycles. The molecule has 19 heavy (non-hydrogen) atoms. The molecule has 0 spiro atoms. The minimum absolute atomic E-state index is 0.387. The molecule has 0 radical (unpaired) electrons. The lowest BCUT2D eigenvalue weighted by atomic mass is 10.0. The summed E-state index contributed by atoms with van der Waals surface area (Å²) in [6.07, 6.45) is 1.73. The molecule has 2 aromatic rings. The quantitative estimate of drug-likeness (QED) is 0.793. The highest BCUT2D eigenvalue weighted by molar-refractivity contribution is 5.96. The molecule has 0 aliphatic heterocycles. The van der Waals surface area contributed by atoms with Crippen LogP contribution in [0.2, 0.25) is 0 Å². The number of aromatic nitrogens is 1. The molecule has 0 fully saturated rings. The van der Waals surface area contributed by atoms with Gasteiger partial charge in [-0.25, -0.2) is 4.79 Å². The molecule has 0 unspecified atom stereocenters. The molecule has 0 saturated heterocycles. The number of nitrogens with zero attached hydrogens (tertiary/aromatic N) is 1. The lowest BCUT2D eigenvalue weighted by molar-refractivity contribution is 0.0601. The summed E-state index contributed by atoms with van der Waals surface area (Å²) in [6, 6.07) is 9.17. The Morgan fingerprint density at radius 2 is 1.84 bits per heavy atom. The maximum atomic E-state index is 11.8. The number of hydrogen-bond acceptors (Lipinski definition) is 4. The first-order valence-electron chi connectivity index (χ1n) is 5.85. The van der Waals surface area contributed by atoms with Crippen LogP contribution >= 0.6 is 0 Å². The highest BCUT2D eigenvalue weighted by Crippen LogP contribution is 2.25. The number of carbonyl (C=O) groups is 1. The Bertz CT molecular complexity index is 591. The van der Waals surface area contributed by atoms with Gasteiger partial charge in [-0.2, -0.15) is 0 Å². The Morgan fingerprint density at radius 1 is 1.16 bits per heavy atom. The normalized spacial score (nSPS) is 10.1. The van der Waals surface area contributed by atoms with Crippen molar-refractivity contribution in [3.63, 3.8) is 0 Å². The summed E-state index contributed by atoms with van der Waals surface area (Å²) in [5.41, 5.74) is 2.84. The van der Waals surface area contributed by atoms with Crippen molar-refractivity contribution in [1.82, 2.24) is 4.98 Å². The number of carbonyl (C=O) groups excluding carboxylic acids is 1. The van der Waals surface area contributed by atoms with Crippen LogP contribution in [0.1, 0.15) is 15.9 Å². The average Bonchev–Trinajstić information content (AvgIpc) is 2.46. The van der Waals surface area contributed by atoms with Gasteiger partial charge in [0.1, 0.15) is 5.75 Å². The number of ether oxygens (including phenoxy) is 2. The van der Waals surface area contributed by atoms with E-state index in [1.165, 1.54) is 7.11 Å². The number of rotatable bonds is 3. The average molecular weight is 257 g/mol. The van der Waals surface area contributed by atoms with Gasteiger partial charge >= 0.3 is 5.97 Å². The van der Waals surface area contributed by atoms with Gasteiger partial charge < -0.3 is 9.47 Å². The van der Waals surface area contributed by atoms with Crippen molar-refractivity contribution in [3.05, 3.63) is 47.7 Å². The summed E-state index contributed by atoms with van der Waals surface area (Å²) in [5.74, 6) is 0.373. The molecule has 0 aliphatic rings. The predicted molar refractivity (Wildman–Crippen MR) is 72.3 cm³/mol. The van der Waals surface area contributed by atoms with Crippen LogP contribution in [0.4, 0.5) is 0 Å². The van der Waals surface area contributed by atoms with Crippen LogP contribution in [0.5, 0.6) is 5.75 Å². The molecule has 0 N–H and O–H groups in total. The summed E-state index contributed by atoms with van der Waals surface area (Å²) in [5, 5.41) is 0. The monoisotopic (exact) mass is 257 g/mol. The van der Waals surface area contributed by atoms with Gasteiger partial charge in [-0.3, -0.25) is 4.98 Å². The molecule has 4 heteroatoms. The van der Waals surface area contributed by atoms with E-state index in [0.29, 0.717) is 11.3 Å². The first-order valence-corrected chi connectivity index (χ1v) is 5.85. The molecular formula is C15H15NO3. The molecule has 98 valence electrons. The van der Waals surface area contributed by atoms with E-state index in [-0.39, 0.29) is 5.97 Å². The number of esters is 1. The number of pyridine rings is 1. The van der Waals surface area contributed by atoms with Crippen LogP contribution in [0, 0.1) is 6.92 Å². The smallest absolute Gasteiger partial charge is 0.340 e. The minimum Gasteiger partial charge on any atom is -0.497 e.